The Hall–Kier alpha value is -5.06. The zero-order chi connectivity index (χ0) is 45.0. The van der Waals surface area contributed by atoms with Crippen molar-refractivity contribution in [1.82, 2.24) is 0 Å². The van der Waals surface area contributed by atoms with Crippen molar-refractivity contribution in [1.29, 1.82) is 0 Å². The Labute approximate surface area is 387 Å². The molecule has 64 heavy (non-hydrogen) atoms. The second kappa shape index (κ2) is 13.7. The van der Waals surface area contributed by atoms with E-state index in [1.165, 1.54) is 136 Å². The van der Waals surface area contributed by atoms with Crippen LogP contribution in [0.3, 0.4) is 0 Å². The zero-order valence-corrected chi connectivity index (χ0v) is 41.4. The zero-order valence-electron chi connectivity index (χ0n) is 40.6. The highest BCUT2D eigenvalue weighted by atomic mass is 32.1. The van der Waals surface area contributed by atoms with Gasteiger partial charge in [0.05, 0.1) is 5.69 Å². The number of benzene rings is 6. The normalized spacial score (nSPS) is 18.5. The predicted octanol–water partition coefficient (Wildman–Crippen LogP) is 15.3. The molecule has 0 spiro atoms. The minimum Gasteiger partial charge on any atom is -0.311 e. The highest BCUT2D eigenvalue weighted by molar-refractivity contribution is 7.33. The van der Waals surface area contributed by atoms with Crippen molar-refractivity contribution >= 4 is 78.0 Å². The van der Waals surface area contributed by atoms with Crippen molar-refractivity contribution in [2.75, 3.05) is 9.80 Å². The first-order valence-corrected chi connectivity index (χ1v) is 24.8. The molecular weight excluding hydrogens is 792 g/mol. The van der Waals surface area contributed by atoms with Gasteiger partial charge in [-0.05, 0) is 176 Å². The minimum atomic E-state index is 0.0152. The Morgan fingerprint density at radius 3 is 1.80 bits per heavy atom. The third-order valence-electron chi connectivity index (χ3n) is 16.3. The summed E-state index contributed by atoms with van der Waals surface area (Å²) in [5.41, 5.74) is 23.5. The van der Waals surface area contributed by atoms with Crippen molar-refractivity contribution in [3.05, 3.63) is 148 Å². The largest absolute Gasteiger partial charge is 0.311 e. The van der Waals surface area contributed by atoms with Gasteiger partial charge in [0.2, 0.25) is 0 Å². The van der Waals surface area contributed by atoms with E-state index >= 15 is 0 Å². The van der Waals surface area contributed by atoms with E-state index in [0.29, 0.717) is 0 Å². The molecule has 0 N–H and O–H groups in total. The van der Waals surface area contributed by atoms with Crippen LogP contribution in [0.5, 0.6) is 0 Å². The van der Waals surface area contributed by atoms with Crippen molar-refractivity contribution < 1.29 is 0 Å². The van der Waals surface area contributed by atoms with Crippen LogP contribution >= 0.6 is 11.3 Å². The maximum Gasteiger partial charge on any atom is 0.264 e. The summed E-state index contributed by atoms with van der Waals surface area (Å²) in [6, 6.07) is 43.3. The van der Waals surface area contributed by atoms with Gasteiger partial charge in [-0.15, -0.1) is 11.3 Å². The molecule has 2 aliphatic carbocycles. The molecule has 0 bridgehead atoms. The summed E-state index contributed by atoms with van der Waals surface area (Å²) in [6.45, 7) is 31.6. The van der Waals surface area contributed by atoms with Gasteiger partial charge >= 0.3 is 0 Å². The van der Waals surface area contributed by atoms with Gasteiger partial charge in [0.1, 0.15) is 0 Å². The number of hydrogen-bond donors (Lipinski definition) is 0. The molecule has 0 saturated heterocycles. The van der Waals surface area contributed by atoms with Gasteiger partial charge in [0, 0.05) is 43.3 Å². The smallest absolute Gasteiger partial charge is 0.264 e. The Bertz CT molecular complexity index is 3080. The van der Waals surface area contributed by atoms with Crippen molar-refractivity contribution in [2.24, 2.45) is 0 Å². The molecule has 0 atom stereocenters. The van der Waals surface area contributed by atoms with Crippen molar-refractivity contribution in [3.63, 3.8) is 0 Å². The van der Waals surface area contributed by atoms with Crippen LogP contribution in [-0.2, 0) is 27.1 Å². The summed E-state index contributed by atoms with van der Waals surface area (Å²) in [7, 11) is 0. The molecule has 324 valence electrons. The van der Waals surface area contributed by atoms with E-state index in [1.54, 1.807) is 0 Å². The molecule has 0 amide bonds. The maximum absolute atomic E-state index is 2.70. The quantitative estimate of drug-likeness (QED) is 0.163. The van der Waals surface area contributed by atoms with Crippen LogP contribution in [0.4, 0.5) is 34.1 Å². The molecule has 11 rings (SSSR count). The summed E-state index contributed by atoms with van der Waals surface area (Å²) < 4.78 is 2.80. The molecule has 2 aliphatic heterocycles. The second-order valence-electron chi connectivity index (χ2n) is 23.7. The van der Waals surface area contributed by atoms with Gasteiger partial charge in [-0.2, -0.15) is 0 Å². The average molecular weight is 857 g/mol. The van der Waals surface area contributed by atoms with Gasteiger partial charge in [-0.25, -0.2) is 0 Å². The highest BCUT2D eigenvalue weighted by Gasteiger charge is 2.48. The van der Waals surface area contributed by atoms with Crippen LogP contribution < -0.4 is 25.5 Å². The molecule has 0 saturated carbocycles. The van der Waals surface area contributed by atoms with E-state index in [9.17, 15) is 0 Å². The van der Waals surface area contributed by atoms with E-state index < -0.39 is 0 Å². The molecule has 3 heterocycles. The lowest BCUT2D eigenvalue weighted by molar-refractivity contribution is 0.332. The van der Waals surface area contributed by atoms with Gasteiger partial charge in [-0.1, -0.05) is 137 Å². The van der Waals surface area contributed by atoms with E-state index in [1.807, 2.05) is 11.3 Å². The topological polar surface area (TPSA) is 6.48 Å². The number of anilines is 6. The first-order chi connectivity index (χ1) is 30.1. The van der Waals surface area contributed by atoms with Gasteiger partial charge in [-0.3, -0.25) is 0 Å². The maximum atomic E-state index is 2.70. The fraction of sp³-hybridized carbons (Fsp3) is 0.367. The number of fused-ring (bicyclic) bond motifs is 8. The number of thiophene rings is 1. The van der Waals surface area contributed by atoms with Crippen LogP contribution in [-0.4, -0.2) is 6.71 Å². The Morgan fingerprint density at radius 1 is 0.531 bits per heavy atom. The molecule has 6 aromatic carbocycles. The predicted molar refractivity (Wildman–Crippen MR) is 280 cm³/mol. The number of aryl methyl sites for hydroxylation is 2. The summed E-state index contributed by atoms with van der Waals surface area (Å²) in [6.07, 6.45) is 4.77. The first kappa shape index (κ1) is 41.6. The van der Waals surface area contributed by atoms with Crippen LogP contribution in [0.15, 0.2) is 109 Å². The minimum absolute atomic E-state index is 0.0152. The first-order valence-electron chi connectivity index (χ1n) is 24.0. The van der Waals surface area contributed by atoms with Crippen LogP contribution in [0.1, 0.15) is 141 Å². The highest BCUT2D eigenvalue weighted by Crippen LogP contribution is 2.54. The standard InChI is InChI=1S/C60H65BN2S/c1-36-29-50-53-51(30-36)63(48-31-39(20-19-37(48)2)38-17-15-14-16-18-38)54-42-32-40(56(3,4)5)21-24-52(42)64-55(54)61(53)47-34-45-46(60(12,13)28-27-59(45,10)11)35-49(47)62(50)41-22-23-43-44(33-41)58(8,9)26-25-57(43,6)7/h14-24,29-35H,25-28H2,1-13H3. The third-order valence-corrected chi connectivity index (χ3v) is 17.5. The van der Waals surface area contributed by atoms with Crippen molar-refractivity contribution in [2.45, 2.75) is 143 Å². The number of nitrogens with zero attached hydrogens (tertiary/aromatic N) is 2. The molecule has 0 fully saturated rings. The van der Waals surface area contributed by atoms with Crippen LogP contribution in [0.25, 0.3) is 21.2 Å². The summed E-state index contributed by atoms with van der Waals surface area (Å²) in [5.74, 6) is 0. The molecule has 7 aromatic rings. The summed E-state index contributed by atoms with van der Waals surface area (Å²) in [4.78, 5) is 5.40. The van der Waals surface area contributed by atoms with Crippen LogP contribution in [0.2, 0.25) is 0 Å². The van der Waals surface area contributed by atoms with E-state index in [2.05, 4.69) is 209 Å². The lowest BCUT2D eigenvalue weighted by atomic mass is 9.35. The molecule has 4 heteroatoms. The second-order valence-corrected chi connectivity index (χ2v) is 24.8. The summed E-state index contributed by atoms with van der Waals surface area (Å²) in [5, 5.41) is 1.36. The van der Waals surface area contributed by atoms with Gasteiger partial charge in [0.25, 0.3) is 6.71 Å². The molecular formula is C60H65BN2S. The van der Waals surface area contributed by atoms with Crippen molar-refractivity contribution in [3.8, 4) is 11.1 Å². The molecule has 4 aliphatic rings. The fourth-order valence-corrected chi connectivity index (χ4v) is 13.3. The fourth-order valence-electron chi connectivity index (χ4n) is 12.0. The summed E-state index contributed by atoms with van der Waals surface area (Å²) >= 11 is 2.02. The SMILES string of the molecule is Cc1cc2c3c(c1)N(c1cc(-c4ccccc4)ccc1C)c1c(sc4ccc(C(C)(C)C)cc14)B3c1cc3c(cc1N2c1ccc2c(c1)C(C)(C)CCC2(C)C)C(C)(C)CCC3(C)C. The Balaban J connectivity index is 1.27. The monoisotopic (exact) mass is 856 g/mol. The molecule has 0 unspecified atom stereocenters. The van der Waals surface area contributed by atoms with E-state index in [4.69, 9.17) is 0 Å². The third kappa shape index (κ3) is 6.17. The Kier molecular flexibility index (Phi) is 8.94. The lowest BCUT2D eigenvalue weighted by Crippen LogP contribution is -2.61. The molecule has 2 nitrogen and oxygen atoms in total. The van der Waals surface area contributed by atoms with Gasteiger partial charge < -0.3 is 9.80 Å². The van der Waals surface area contributed by atoms with Crippen LogP contribution in [0, 0.1) is 13.8 Å². The number of rotatable bonds is 3. The number of hydrogen-bond acceptors (Lipinski definition) is 3. The van der Waals surface area contributed by atoms with Gasteiger partial charge in [0.15, 0.2) is 0 Å². The Morgan fingerprint density at radius 2 is 1.14 bits per heavy atom. The lowest BCUT2D eigenvalue weighted by Gasteiger charge is -2.47. The van der Waals surface area contributed by atoms with E-state index in [0.717, 1.165) is 0 Å². The molecule has 1 aromatic heterocycles. The average Bonchev–Trinajstić information content (AvgIpc) is 3.62. The molecule has 0 radical (unpaired) electrons. The van der Waals surface area contributed by atoms with E-state index in [-0.39, 0.29) is 33.8 Å².